The lowest BCUT2D eigenvalue weighted by atomic mass is 10.2. The largest absolute Gasteiger partial charge is 0.482 e. The van der Waals surface area contributed by atoms with Crippen LogP contribution in [0.3, 0.4) is 0 Å². The van der Waals surface area contributed by atoms with E-state index in [-0.39, 0.29) is 6.61 Å². The highest BCUT2D eigenvalue weighted by Crippen LogP contribution is 2.26. The fraction of sp³-hybridized carbons (Fsp3) is 0.429. The van der Waals surface area contributed by atoms with Crippen LogP contribution < -0.4 is 10.1 Å². The van der Waals surface area contributed by atoms with Gasteiger partial charge in [0.2, 0.25) is 0 Å². The van der Waals surface area contributed by atoms with E-state index in [1.807, 2.05) is 25.2 Å². The second kappa shape index (κ2) is 7.26. The maximum atomic E-state index is 6.17. The third-order valence-corrected chi connectivity index (χ3v) is 3.01. The van der Waals surface area contributed by atoms with Crippen LogP contribution in [0.1, 0.15) is 30.6 Å². The Hall–Kier alpha value is -1.59. The Morgan fingerprint density at radius 3 is 2.95 bits per heavy atom. The van der Waals surface area contributed by atoms with Gasteiger partial charge in [0, 0.05) is 13.0 Å². The molecule has 0 bridgehead atoms. The lowest BCUT2D eigenvalue weighted by Gasteiger charge is -2.07. The average molecular weight is 296 g/mol. The van der Waals surface area contributed by atoms with Crippen LogP contribution in [0.5, 0.6) is 5.75 Å². The van der Waals surface area contributed by atoms with Gasteiger partial charge in [-0.15, -0.1) is 0 Å². The Balaban J connectivity index is 1.95. The van der Waals surface area contributed by atoms with Crippen LogP contribution in [-0.2, 0) is 19.6 Å². The monoisotopic (exact) mass is 295 g/mol. The third kappa shape index (κ3) is 3.95. The van der Waals surface area contributed by atoms with Gasteiger partial charge in [0.25, 0.3) is 5.89 Å². The molecule has 0 spiro atoms. The van der Waals surface area contributed by atoms with Crippen molar-refractivity contribution in [2.75, 3.05) is 7.05 Å². The van der Waals surface area contributed by atoms with Crippen LogP contribution >= 0.6 is 11.6 Å². The number of hydrogen-bond donors (Lipinski definition) is 1. The molecule has 2 aromatic rings. The summed E-state index contributed by atoms with van der Waals surface area (Å²) in [6.07, 6.45) is 1.79. The highest BCUT2D eigenvalue weighted by Gasteiger charge is 2.08. The molecule has 1 heterocycles. The summed E-state index contributed by atoms with van der Waals surface area (Å²) in [7, 11) is 1.89. The number of aryl methyl sites for hydroxylation is 1. The van der Waals surface area contributed by atoms with Crippen molar-refractivity contribution in [2.24, 2.45) is 0 Å². The van der Waals surface area contributed by atoms with Crippen molar-refractivity contribution in [3.05, 3.63) is 40.5 Å². The standard InChI is InChI=1S/C14H18ClN3O2/c1-3-4-13-17-14(20-18-13)9-19-12-6-5-10(8-16-2)7-11(12)15/h5-7,16H,3-4,8-9H2,1-2H3. The molecule has 0 aliphatic rings. The number of aromatic nitrogens is 2. The summed E-state index contributed by atoms with van der Waals surface area (Å²) in [6, 6.07) is 5.69. The maximum Gasteiger partial charge on any atom is 0.264 e. The number of nitrogens with one attached hydrogen (secondary N) is 1. The van der Waals surface area contributed by atoms with E-state index in [9.17, 15) is 0 Å². The molecule has 6 heteroatoms. The summed E-state index contributed by atoms with van der Waals surface area (Å²) in [4.78, 5) is 4.24. The summed E-state index contributed by atoms with van der Waals surface area (Å²) in [6.45, 7) is 3.06. The first-order valence-corrected chi connectivity index (χ1v) is 6.98. The van der Waals surface area contributed by atoms with Crippen molar-refractivity contribution < 1.29 is 9.26 Å². The zero-order valence-corrected chi connectivity index (χ0v) is 12.4. The molecule has 0 aliphatic heterocycles. The predicted octanol–water partition coefficient (Wildman–Crippen LogP) is 2.97. The molecule has 1 aromatic carbocycles. The highest BCUT2D eigenvalue weighted by molar-refractivity contribution is 6.32. The van der Waals surface area contributed by atoms with E-state index in [0.717, 1.165) is 24.9 Å². The molecule has 2 rings (SSSR count). The molecular weight excluding hydrogens is 278 g/mol. The second-order valence-corrected chi connectivity index (χ2v) is 4.85. The van der Waals surface area contributed by atoms with Crippen molar-refractivity contribution in [1.82, 2.24) is 15.5 Å². The number of rotatable bonds is 7. The Morgan fingerprint density at radius 1 is 1.40 bits per heavy atom. The molecule has 1 aromatic heterocycles. The minimum absolute atomic E-state index is 0.224. The molecule has 5 nitrogen and oxygen atoms in total. The fourth-order valence-electron chi connectivity index (χ4n) is 1.79. The van der Waals surface area contributed by atoms with Crippen LogP contribution in [0, 0.1) is 0 Å². The van der Waals surface area contributed by atoms with Crippen molar-refractivity contribution in [2.45, 2.75) is 32.9 Å². The summed E-state index contributed by atoms with van der Waals surface area (Å²) in [5, 5.41) is 7.52. The van der Waals surface area contributed by atoms with Gasteiger partial charge >= 0.3 is 0 Å². The Labute approximate surface area is 123 Å². The quantitative estimate of drug-likeness (QED) is 0.851. The van der Waals surface area contributed by atoms with Crippen molar-refractivity contribution >= 4 is 11.6 Å². The molecule has 0 saturated carbocycles. The van der Waals surface area contributed by atoms with Gasteiger partial charge in [0.15, 0.2) is 12.4 Å². The van der Waals surface area contributed by atoms with Gasteiger partial charge in [-0.25, -0.2) is 0 Å². The molecular formula is C14H18ClN3O2. The van der Waals surface area contributed by atoms with E-state index < -0.39 is 0 Å². The molecule has 0 fully saturated rings. The van der Waals surface area contributed by atoms with Crippen molar-refractivity contribution in [3.63, 3.8) is 0 Å². The predicted molar refractivity (Wildman–Crippen MR) is 76.8 cm³/mol. The number of halogens is 1. The first kappa shape index (κ1) is 14.8. The Bertz CT molecular complexity index is 557. The van der Waals surface area contributed by atoms with Crippen molar-refractivity contribution in [1.29, 1.82) is 0 Å². The van der Waals surface area contributed by atoms with Gasteiger partial charge in [-0.05, 0) is 31.2 Å². The lowest BCUT2D eigenvalue weighted by molar-refractivity contribution is 0.242. The minimum Gasteiger partial charge on any atom is -0.482 e. The third-order valence-electron chi connectivity index (χ3n) is 2.71. The number of benzene rings is 1. The molecule has 0 saturated heterocycles. The molecule has 20 heavy (non-hydrogen) atoms. The van der Waals surface area contributed by atoms with E-state index in [1.54, 1.807) is 0 Å². The number of ether oxygens (including phenoxy) is 1. The lowest BCUT2D eigenvalue weighted by Crippen LogP contribution is -2.05. The topological polar surface area (TPSA) is 60.2 Å². The molecule has 0 atom stereocenters. The second-order valence-electron chi connectivity index (χ2n) is 4.44. The molecule has 108 valence electrons. The van der Waals surface area contributed by atoms with E-state index in [2.05, 4.69) is 22.4 Å². The van der Waals surface area contributed by atoms with E-state index in [1.165, 1.54) is 0 Å². The van der Waals surface area contributed by atoms with Crippen LogP contribution in [-0.4, -0.2) is 17.2 Å². The molecule has 0 aliphatic carbocycles. The maximum absolute atomic E-state index is 6.17. The summed E-state index contributed by atoms with van der Waals surface area (Å²) in [5.74, 6) is 1.78. The normalized spacial score (nSPS) is 10.8. The number of hydrogen-bond acceptors (Lipinski definition) is 5. The average Bonchev–Trinajstić information content (AvgIpc) is 2.86. The van der Waals surface area contributed by atoms with Gasteiger partial charge in [0.05, 0.1) is 5.02 Å². The molecule has 0 radical (unpaired) electrons. The SMILES string of the molecule is CCCc1noc(COc2ccc(CNC)cc2Cl)n1. The van der Waals surface area contributed by atoms with E-state index in [0.29, 0.717) is 22.5 Å². The van der Waals surface area contributed by atoms with Gasteiger partial charge in [-0.2, -0.15) is 4.98 Å². The van der Waals surface area contributed by atoms with E-state index in [4.69, 9.17) is 20.9 Å². The zero-order valence-electron chi connectivity index (χ0n) is 11.6. The first-order valence-electron chi connectivity index (χ1n) is 6.60. The van der Waals surface area contributed by atoms with Crippen LogP contribution in [0.15, 0.2) is 22.7 Å². The Kier molecular flexibility index (Phi) is 5.38. The molecule has 0 unspecified atom stereocenters. The number of nitrogens with zero attached hydrogens (tertiary/aromatic N) is 2. The van der Waals surface area contributed by atoms with Crippen LogP contribution in [0.2, 0.25) is 5.02 Å². The Morgan fingerprint density at radius 2 is 2.25 bits per heavy atom. The summed E-state index contributed by atoms with van der Waals surface area (Å²) >= 11 is 6.17. The summed E-state index contributed by atoms with van der Waals surface area (Å²) < 4.78 is 10.7. The first-order chi connectivity index (χ1) is 9.72. The highest BCUT2D eigenvalue weighted by atomic mass is 35.5. The van der Waals surface area contributed by atoms with Crippen LogP contribution in [0.25, 0.3) is 0 Å². The fourth-order valence-corrected chi connectivity index (χ4v) is 2.05. The molecule has 0 amide bonds. The van der Waals surface area contributed by atoms with E-state index >= 15 is 0 Å². The van der Waals surface area contributed by atoms with Gasteiger partial charge in [-0.1, -0.05) is 29.7 Å². The van der Waals surface area contributed by atoms with Gasteiger partial charge in [-0.3, -0.25) is 0 Å². The van der Waals surface area contributed by atoms with Gasteiger partial charge < -0.3 is 14.6 Å². The summed E-state index contributed by atoms with van der Waals surface area (Å²) in [5.41, 5.74) is 1.10. The van der Waals surface area contributed by atoms with Gasteiger partial charge in [0.1, 0.15) is 5.75 Å². The zero-order chi connectivity index (χ0) is 14.4. The van der Waals surface area contributed by atoms with Crippen LogP contribution in [0.4, 0.5) is 0 Å². The van der Waals surface area contributed by atoms with Crippen molar-refractivity contribution in [3.8, 4) is 5.75 Å². The smallest absolute Gasteiger partial charge is 0.264 e. The molecule has 1 N–H and O–H groups in total. The minimum atomic E-state index is 0.224.